The van der Waals surface area contributed by atoms with Crippen molar-refractivity contribution in [3.05, 3.63) is 0 Å². The van der Waals surface area contributed by atoms with Crippen molar-refractivity contribution in [3.8, 4) is 0 Å². The maximum Gasteiger partial charge on any atom is 0.220 e. The van der Waals surface area contributed by atoms with Crippen LogP contribution in [0.3, 0.4) is 0 Å². The third-order valence-electron chi connectivity index (χ3n) is 5.31. The molecule has 2 aliphatic heterocycles. The van der Waals surface area contributed by atoms with E-state index in [-0.39, 0.29) is 18.1 Å². The summed E-state index contributed by atoms with van der Waals surface area (Å²) in [7, 11) is 0. The fourth-order valence-electron chi connectivity index (χ4n) is 4.33. The van der Waals surface area contributed by atoms with Gasteiger partial charge in [0.2, 0.25) is 5.91 Å². The van der Waals surface area contributed by atoms with Crippen LogP contribution in [0.1, 0.15) is 57.8 Å². The molecular weight excluding hydrogens is 240 g/mol. The number of amides is 1. The van der Waals surface area contributed by atoms with E-state index in [9.17, 15) is 9.90 Å². The second kappa shape index (κ2) is 5.41. The first-order chi connectivity index (χ1) is 9.19. The molecule has 3 rings (SSSR count). The molecular formula is C15H26N2O2. The highest BCUT2D eigenvalue weighted by Crippen LogP contribution is 2.33. The molecule has 3 aliphatic rings. The minimum absolute atomic E-state index is 0.0935. The summed E-state index contributed by atoms with van der Waals surface area (Å²) in [6.07, 6.45) is 9.63. The Morgan fingerprint density at radius 1 is 1.21 bits per heavy atom. The summed E-state index contributed by atoms with van der Waals surface area (Å²) in [6.45, 7) is 0.0935. The van der Waals surface area contributed by atoms with Gasteiger partial charge in [-0.3, -0.25) is 4.79 Å². The summed E-state index contributed by atoms with van der Waals surface area (Å²) in [5.74, 6) is 0.693. The monoisotopic (exact) mass is 266 g/mol. The second-order valence-corrected chi connectivity index (χ2v) is 6.87. The molecule has 19 heavy (non-hydrogen) atoms. The highest BCUT2D eigenvalue weighted by molar-refractivity contribution is 5.77. The van der Waals surface area contributed by atoms with Crippen molar-refractivity contribution in [1.82, 2.24) is 10.6 Å². The van der Waals surface area contributed by atoms with E-state index < -0.39 is 0 Å². The van der Waals surface area contributed by atoms with Crippen LogP contribution in [0.5, 0.6) is 0 Å². The van der Waals surface area contributed by atoms with Crippen LogP contribution in [-0.2, 0) is 4.79 Å². The summed E-state index contributed by atoms with van der Waals surface area (Å²) in [6, 6.07) is 1.30. The summed E-state index contributed by atoms with van der Waals surface area (Å²) in [4.78, 5) is 12.2. The predicted molar refractivity (Wildman–Crippen MR) is 73.7 cm³/mol. The Morgan fingerprint density at radius 2 is 1.84 bits per heavy atom. The number of piperidine rings is 1. The minimum atomic E-state index is -0.303. The summed E-state index contributed by atoms with van der Waals surface area (Å²) >= 11 is 0. The van der Waals surface area contributed by atoms with Crippen LogP contribution < -0.4 is 10.6 Å². The quantitative estimate of drug-likeness (QED) is 0.719. The van der Waals surface area contributed by atoms with Gasteiger partial charge in [0.15, 0.2) is 0 Å². The van der Waals surface area contributed by atoms with Gasteiger partial charge in [-0.15, -0.1) is 0 Å². The molecule has 2 unspecified atom stereocenters. The van der Waals surface area contributed by atoms with Gasteiger partial charge in [0, 0.05) is 18.5 Å². The topological polar surface area (TPSA) is 61.4 Å². The lowest BCUT2D eigenvalue weighted by Crippen LogP contribution is -2.50. The van der Waals surface area contributed by atoms with Crippen molar-refractivity contribution in [1.29, 1.82) is 0 Å². The van der Waals surface area contributed by atoms with Crippen LogP contribution in [0.15, 0.2) is 0 Å². The van der Waals surface area contributed by atoms with Crippen LogP contribution in [0.2, 0.25) is 0 Å². The Labute approximate surface area is 115 Å². The average molecular weight is 266 g/mol. The van der Waals surface area contributed by atoms with E-state index in [1.54, 1.807) is 0 Å². The molecule has 1 aliphatic carbocycles. The molecule has 4 heteroatoms. The summed E-state index contributed by atoms with van der Waals surface area (Å²) < 4.78 is 0. The number of hydrogen-bond donors (Lipinski definition) is 3. The van der Waals surface area contributed by atoms with E-state index in [2.05, 4.69) is 10.6 Å². The molecule has 2 heterocycles. The molecule has 3 N–H and O–H groups in total. The molecule has 0 aromatic heterocycles. The molecule has 2 saturated heterocycles. The fourth-order valence-corrected chi connectivity index (χ4v) is 4.33. The number of rotatable bonds is 4. The molecule has 1 saturated carbocycles. The number of fused-ring (bicyclic) bond motifs is 2. The standard InChI is InChI=1S/C15H26N2O2/c18-10-15(5-1-2-6-15)17-14(19)9-11-7-12-3-4-13(8-11)16-12/h11-13,16,18H,1-10H2,(H,17,19). The number of carbonyl (C=O) groups is 1. The second-order valence-electron chi connectivity index (χ2n) is 6.87. The smallest absolute Gasteiger partial charge is 0.220 e. The first kappa shape index (κ1) is 13.4. The molecule has 0 radical (unpaired) electrons. The van der Waals surface area contributed by atoms with Gasteiger partial charge in [0.1, 0.15) is 0 Å². The molecule has 2 atom stereocenters. The van der Waals surface area contributed by atoms with Gasteiger partial charge in [0.25, 0.3) is 0 Å². The number of aliphatic hydroxyl groups is 1. The first-order valence-corrected chi connectivity index (χ1v) is 7.87. The molecule has 4 nitrogen and oxygen atoms in total. The van der Waals surface area contributed by atoms with E-state index in [0.29, 0.717) is 24.4 Å². The molecule has 2 bridgehead atoms. The lowest BCUT2D eigenvalue weighted by Gasteiger charge is -2.31. The Balaban J connectivity index is 1.51. The van der Waals surface area contributed by atoms with Crippen LogP contribution >= 0.6 is 0 Å². The molecule has 1 amide bonds. The Kier molecular flexibility index (Phi) is 3.81. The fraction of sp³-hybridized carbons (Fsp3) is 0.933. The van der Waals surface area contributed by atoms with Gasteiger partial charge in [-0.1, -0.05) is 12.8 Å². The van der Waals surface area contributed by atoms with Crippen molar-refractivity contribution >= 4 is 5.91 Å². The van der Waals surface area contributed by atoms with Crippen LogP contribution in [0.25, 0.3) is 0 Å². The molecule has 0 aromatic carbocycles. The van der Waals surface area contributed by atoms with Gasteiger partial charge in [-0.05, 0) is 44.4 Å². The van der Waals surface area contributed by atoms with Crippen molar-refractivity contribution in [3.63, 3.8) is 0 Å². The van der Waals surface area contributed by atoms with Crippen LogP contribution in [0.4, 0.5) is 0 Å². The summed E-state index contributed by atoms with van der Waals surface area (Å²) in [5, 5.41) is 16.3. The maximum absolute atomic E-state index is 12.2. The van der Waals surface area contributed by atoms with Crippen molar-refractivity contribution in [2.45, 2.75) is 75.4 Å². The zero-order valence-electron chi connectivity index (χ0n) is 11.7. The van der Waals surface area contributed by atoms with Gasteiger partial charge >= 0.3 is 0 Å². The van der Waals surface area contributed by atoms with Crippen molar-refractivity contribution in [2.24, 2.45) is 5.92 Å². The molecule has 3 fully saturated rings. The van der Waals surface area contributed by atoms with Crippen LogP contribution in [-0.4, -0.2) is 35.2 Å². The first-order valence-electron chi connectivity index (χ1n) is 7.87. The molecule has 0 spiro atoms. The zero-order chi connectivity index (χ0) is 13.3. The van der Waals surface area contributed by atoms with Gasteiger partial charge < -0.3 is 15.7 Å². The van der Waals surface area contributed by atoms with Gasteiger partial charge in [-0.2, -0.15) is 0 Å². The van der Waals surface area contributed by atoms with Gasteiger partial charge in [-0.25, -0.2) is 0 Å². The van der Waals surface area contributed by atoms with Crippen molar-refractivity contribution < 1.29 is 9.90 Å². The number of nitrogens with one attached hydrogen (secondary N) is 2. The largest absolute Gasteiger partial charge is 0.394 e. The van der Waals surface area contributed by atoms with E-state index in [0.717, 1.165) is 38.5 Å². The predicted octanol–water partition coefficient (Wildman–Crippen LogP) is 1.33. The zero-order valence-corrected chi connectivity index (χ0v) is 11.7. The minimum Gasteiger partial charge on any atom is -0.394 e. The highest BCUT2D eigenvalue weighted by atomic mass is 16.3. The van der Waals surface area contributed by atoms with E-state index >= 15 is 0 Å². The Morgan fingerprint density at radius 3 is 2.42 bits per heavy atom. The SMILES string of the molecule is O=C(CC1CC2CCC(C1)N2)NC1(CO)CCCC1. The Bertz CT molecular complexity index is 327. The summed E-state index contributed by atoms with van der Waals surface area (Å²) in [5.41, 5.74) is -0.303. The maximum atomic E-state index is 12.2. The third kappa shape index (κ3) is 2.95. The van der Waals surface area contributed by atoms with E-state index in [1.807, 2.05) is 0 Å². The van der Waals surface area contributed by atoms with E-state index in [1.165, 1.54) is 12.8 Å². The highest BCUT2D eigenvalue weighted by Gasteiger charge is 2.37. The molecule has 0 aromatic rings. The number of carbonyl (C=O) groups excluding carboxylic acids is 1. The van der Waals surface area contributed by atoms with Crippen molar-refractivity contribution in [2.75, 3.05) is 6.61 Å². The van der Waals surface area contributed by atoms with E-state index in [4.69, 9.17) is 0 Å². The van der Waals surface area contributed by atoms with Crippen LogP contribution in [0, 0.1) is 5.92 Å². The third-order valence-corrected chi connectivity index (χ3v) is 5.31. The number of aliphatic hydroxyl groups excluding tert-OH is 1. The molecule has 108 valence electrons. The normalized spacial score (nSPS) is 36.4. The Hall–Kier alpha value is -0.610. The average Bonchev–Trinajstić information content (AvgIpc) is 2.97. The van der Waals surface area contributed by atoms with Gasteiger partial charge in [0.05, 0.1) is 12.1 Å². The lowest BCUT2D eigenvalue weighted by atomic mass is 9.89. The lowest BCUT2D eigenvalue weighted by molar-refractivity contribution is -0.124. The number of hydrogen-bond acceptors (Lipinski definition) is 3.